The molecule has 2 aliphatic rings. The average molecular weight is 686 g/mol. The predicted octanol–water partition coefficient (Wildman–Crippen LogP) is 9.20. The molecule has 0 aromatic heterocycles. The Bertz CT molecular complexity index is 2240. The summed E-state index contributed by atoms with van der Waals surface area (Å²) in [7, 11) is 0. The number of hydrogen-bond donors (Lipinski definition) is 0. The summed E-state index contributed by atoms with van der Waals surface area (Å²) in [6.07, 6.45) is -15.7. The molecule has 0 fully saturated rings. The average Bonchev–Trinajstić information content (AvgIpc) is 3.61. The smallest absolute Gasteiger partial charge is 0.244 e. The summed E-state index contributed by atoms with van der Waals surface area (Å²) in [5.74, 6) is -3.34. The molecule has 0 N–H and O–H groups in total. The van der Waals surface area contributed by atoms with Gasteiger partial charge in [0.2, 0.25) is 0 Å². The van der Waals surface area contributed by atoms with Crippen LogP contribution in [0, 0.1) is 63.9 Å². The van der Waals surface area contributed by atoms with Gasteiger partial charge in [0.15, 0.2) is 11.6 Å². The minimum absolute atomic E-state index is 0.0202. The van der Waals surface area contributed by atoms with Crippen LogP contribution < -0.4 is 0 Å². The normalized spacial score (nSPS) is 13.8. The highest BCUT2D eigenvalue weighted by Crippen LogP contribution is 2.52. The van der Waals surface area contributed by atoms with Crippen LogP contribution in [-0.2, 0) is 18.5 Å². The zero-order chi connectivity index (χ0) is 36.4. The van der Waals surface area contributed by atoms with Crippen molar-refractivity contribution in [2.75, 3.05) is 0 Å². The number of benzene rings is 3. The molecule has 6 nitrogen and oxygen atoms in total. The molecule has 0 atom stereocenters. The lowest BCUT2D eigenvalue weighted by molar-refractivity contribution is -0.143. The number of alkyl halides is 9. The minimum atomic E-state index is -5.38. The number of aliphatic imine (C=N–C) groups is 2. The molecule has 3 aromatic rings. The predicted molar refractivity (Wildman–Crippen MR) is 148 cm³/mol. The Balaban J connectivity index is 1.89. The van der Waals surface area contributed by atoms with Gasteiger partial charge in [-0.15, -0.1) is 0 Å². The van der Waals surface area contributed by atoms with Gasteiger partial charge in [-0.2, -0.15) is 60.6 Å². The maximum absolute atomic E-state index is 16.5. The van der Waals surface area contributed by atoms with E-state index >= 15 is 8.78 Å². The Labute approximate surface area is 266 Å². The molecule has 2 aliphatic heterocycles. The lowest BCUT2D eigenvalue weighted by Crippen LogP contribution is -2.14. The summed E-state index contributed by atoms with van der Waals surface area (Å²) in [5, 5.41) is 38.5. The third-order valence-electron chi connectivity index (χ3n) is 7.24. The van der Waals surface area contributed by atoms with Crippen molar-refractivity contribution >= 4 is 33.9 Å². The summed E-state index contributed by atoms with van der Waals surface area (Å²) in [4.78, 5) is 7.62. The molecule has 17 heteroatoms. The quantitative estimate of drug-likeness (QED) is 0.197. The van der Waals surface area contributed by atoms with Crippen molar-refractivity contribution in [3.05, 3.63) is 104 Å². The monoisotopic (exact) mass is 686 g/mol. The summed E-state index contributed by atoms with van der Waals surface area (Å²) >= 11 is 0. The number of nitriles is 4. The Hall–Kier alpha value is -6.33. The number of hydrogen-bond acceptors (Lipinski definition) is 6. The van der Waals surface area contributed by atoms with Crippen LogP contribution >= 0.6 is 0 Å². The van der Waals surface area contributed by atoms with Gasteiger partial charge < -0.3 is 0 Å². The molecule has 3 aromatic carbocycles. The summed E-state index contributed by atoms with van der Waals surface area (Å²) < 4.78 is 156. The van der Waals surface area contributed by atoms with E-state index in [0.29, 0.717) is 6.07 Å². The first-order chi connectivity index (χ1) is 22.8. The van der Waals surface area contributed by atoms with E-state index in [4.69, 9.17) is 0 Å². The van der Waals surface area contributed by atoms with Crippen LogP contribution in [0.15, 0.2) is 57.5 Å². The standard InChI is InChI=1S/C32H9F11N6/c1-12-2-13(4-17(3-12)30(35,36)37)26-20(15(8-44)9-45)22-24(33)29-23(25(34)28(22)48-26)21(16(10-46)11-47)27(49-29)14-5-18(31(38,39)40)7-19(6-14)32(41,42)43/h2-7H,1H3. The Kier molecular flexibility index (Phi) is 7.93. The second kappa shape index (κ2) is 11.4. The highest BCUT2D eigenvalue weighted by molar-refractivity contribution is 6.40. The van der Waals surface area contributed by atoms with Gasteiger partial charge in [-0.1, -0.05) is 0 Å². The first-order valence-corrected chi connectivity index (χ1v) is 13.1. The van der Waals surface area contributed by atoms with E-state index in [1.54, 1.807) is 0 Å². The molecule has 0 bridgehead atoms. The van der Waals surface area contributed by atoms with Crippen molar-refractivity contribution in [1.29, 1.82) is 21.0 Å². The van der Waals surface area contributed by atoms with Gasteiger partial charge in [0.25, 0.3) is 0 Å². The van der Waals surface area contributed by atoms with Crippen LogP contribution in [0.25, 0.3) is 11.1 Å². The molecule has 5 rings (SSSR count). The van der Waals surface area contributed by atoms with Crippen molar-refractivity contribution in [2.45, 2.75) is 25.5 Å². The molecule has 0 radical (unpaired) electrons. The minimum Gasteiger partial charge on any atom is -0.244 e. The fourth-order valence-corrected chi connectivity index (χ4v) is 5.26. The molecule has 49 heavy (non-hydrogen) atoms. The van der Waals surface area contributed by atoms with E-state index < -0.39 is 114 Å². The molecule has 0 saturated carbocycles. The largest absolute Gasteiger partial charge is 0.416 e. The van der Waals surface area contributed by atoms with E-state index in [-0.39, 0.29) is 23.8 Å². The molecule has 244 valence electrons. The molecule has 2 heterocycles. The highest BCUT2D eigenvalue weighted by atomic mass is 19.4. The summed E-state index contributed by atoms with van der Waals surface area (Å²) in [6, 6.07) is 7.87. The number of allylic oxidation sites excluding steroid dienone is 4. The highest BCUT2D eigenvalue weighted by Gasteiger charge is 2.43. The molecule has 0 unspecified atom stereocenters. The molecule has 0 saturated heterocycles. The second-order valence-corrected chi connectivity index (χ2v) is 10.3. The first kappa shape index (κ1) is 34.0. The number of rotatable bonds is 2. The van der Waals surface area contributed by atoms with Crippen LogP contribution in [-0.4, -0.2) is 11.4 Å². The van der Waals surface area contributed by atoms with Crippen LogP contribution in [0.5, 0.6) is 0 Å². The zero-order valence-corrected chi connectivity index (χ0v) is 23.8. The lowest BCUT2D eigenvalue weighted by Gasteiger charge is -2.15. The number of fused-ring (bicyclic) bond motifs is 2. The molecule has 0 aliphatic carbocycles. The van der Waals surface area contributed by atoms with Crippen molar-refractivity contribution in [3.63, 3.8) is 0 Å². The van der Waals surface area contributed by atoms with E-state index in [0.717, 1.165) is 12.1 Å². The van der Waals surface area contributed by atoms with E-state index in [2.05, 4.69) is 9.98 Å². The van der Waals surface area contributed by atoms with E-state index in [1.165, 1.54) is 31.2 Å². The van der Waals surface area contributed by atoms with Crippen LogP contribution in [0.2, 0.25) is 0 Å². The Morgan fingerprint density at radius 2 is 0.857 bits per heavy atom. The first-order valence-electron chi connectivity index (χ1n) is 13.1. The van der Waals surface area contributed by atoms with Crippen molar-refractivity contribution in [3.8, 4) is 24.3 Å². The van der Waals surface area contributed by atoms with Crippen molar-refractivity contribution < 1.29 is 48.3 Å². The third-order valence-corrected chi connectivity index (χ3v) is 7.24. The fraction of sp³-hybridized carbons (Fsp3) is 0.125. The molecule has 0 spiro atoms. The van der Waals surface area contributed by atoms with Gasteiger partial charge in [0, 0.05) is 22.3 Å². The van der Waals surface area contributed by atoms with Crippen LogP contribution in [0.1, 0.15) is 44.5 Å². The van der Waals surface area contributed by atoms with Gasteiger partial charge in [-0.05, 0) is 48.9 Å². The summed E-state index contributed by atoms with van der Waals surface area (Å²) in [5.41, 5.74) is -16.4. The van der Waals surface area contributed by atoms with E-state index in [1.807, 2.05) is 0 Å². The Morgan fingerprint density at radius 1 is 0.531 bits per heavy atom. The van der Waals surface area contributed by atoms with E-state index in [9.17, 15) is 60.6 Å². The maximum atomic E-state index is 16.5. The van der Waals surface area contributed by atoms with Gasteiger partial charge in [-0.3, -0.25) is 0 Å². The molecular formula is C32H9F11N6. The molecule has 0 amide bonds. The van der Waals surface area contributed by atoms with Gasteiger partial charge >= 0.3 is 18.5 Å². The zero-order valence-electron chi connectivity index (χ0n) is 23.8. The molecular weight excluding hydrogens is 677 g/mol. The number of aryl methyl sites for hydroxylation is 1. The van der Waals surface area contributed by atoms with Crippen LogP contribution in [0.4, 0.5) is 59.7 Å². The second-order valence-electron chi connectivity index (χ2n) is 10.3. The number of halogens is 11. The third kappa shape index (κ3) is 5.66. The van der Waals surface area contributed by atoms with Gasteiger partial charge in [-0.25, -0.2) is 18.8 Å². The topological polar surface area (TPSA) is 120 Å². The van der Waals surface area contributed by atoms with Gasteiger partial charge in [0.1, 0.15) is 46.8 Å². The summed E-state index contributed by atoms with van der Waals surface area (Å²) in [6.45, 7) is 1.24. The maximum Gasteiger partial charge on any atom is 0.416 e. The van der Waals surface area contributed by atoms with Crippen molar-refractivity contribution in [1.82, 2.24) is 0 Å². The van der Waals surface area contributed by atoms with Crippen molar-refractivity contribution in [2.24, 2.45) is 9.98 Å². The Morgan fingerprint density at radius 3 is 1.18 bits per heavy atom. The van der Waals surface area contributed by atoms with Gasteiger partial charge in [0.05, 0.1) is 39.2 Å². The SMILES string of the molecule is Cc1cc(C2=Nc3c(F)c4c(c(F)c3C2=C(C#N)C#N)N=C(c2cc(C(F)(F)F)cc(C(F)(F)F)c2)C4=C(C#N)C#N)cc(C(F)(F)F)c1. The fourth-order valence-electron chi connectivity index (χ4n) is 5.26. The van der Waals surface area contributed by atoms with Crippen LogP contribution in [0.3, 0.4) is 0 Å². The lowest BCUT2D eigenvalue weighted by atomic mass is 9.88. The number of nitrogens with zero attached hydrogens (tertiary/aromatic N) is 6.